The van der Waals surface area contributed by atoms with Crippen LogP contribution in [0.1, 0.15) is 82.4 Å². The van der Waals surface area contributed by atoms with Crippen molar-refractivity contribution >= 4 is 0 Å². The van der Waals surface area contributed by atoms with Crippen molar-refractivity contribution in [2.24, 2.45) is 0 Å². The molecule has 6 aromatic rings. The molecule has 0 heterocycles. The maximum Gasteiger partial charge on any atom is 0.125 e. The summed E-state index contributed by atoms with van der Waals surface area (Å²) in [7, 11) is 0. The molecule has 6 aromatic carbocycles. The Hall–Kier alpha value is -5.32. The maximum absolute atomic E-state index is 11.5. The summed E-state index contributed by atoms with van der Waals surface area (Å²) in [6.07, 6.45) is 2.58. The molecule has 4 N–H and O–H groups in total. The van der Waals surface area contributed by atoms with E-state index in [4.69, 9.17) is 9.47 Å². The third kappa shape index (κ3) is 14.2. The zero-order valence-corrected chi connectivity index (χ0v) is 34.6. The second-order valence-corrected chi connectivity index (χ2v) is 15.5. The van der Waals surface area contributed by atoms with Gasteiger partial charge in [-0.25, -0.2) is 0 Å². The first-order valence-corrected chi connectivity index (χ1v) is 21.2. The van der Waals surface area contributed by atoms with Gasteiger partial charge in [0.05, 0.1) is 25.4 Å². The van der Waals surface area contributed by atoms with Crippen LogP contribution in [0.25, 0.3) is 0 Å². The van der Waals surface area contributed by atoms with E-state index in [0.717, 1.165) is 74.1 Å². The fraction of sp³-hybridized carbons (Fsp3) is 0.308. The second kappa shape index (κ2) is 24.1. The Labute approximate surface area is 355 Å². The summed E-state index contributed by atoms with van der Waals surface area (Å²) < 4.78 is 12.1. The van der Waals surface area contributed by atoms with E-state index in [1.807, 2.05) is 133 Å². The van der Waals surface area contributed by atoms with Crippen LogP contribution < -0.4 is 9.47 Å². The smallest absolute Gasteiger partial charge is 0.125 e. The molecule has 0 aromatic heterocycles. The number of unbranched alkanes of at least 4 members (excludes halogenated alkanes) is 3. The van der Waals surface area contributed by atoms with Gasteiger partial charge >= 0.3 is 0 Å². The standard InChI is InChI=1S/C52H60N2O6/c55-37-47-31-45(25-27-51(47)59-39-43-21-11-5-12-22-43)49(57)35-53(33-41-17-7-3-8-18-41)29-15-1-2-16-30-54(34-42-19-9-4-10-20-42)36-50(58)46-26-28-52(48(32-46)38-56)60-40-44-23-13-6-14-24-44/h3-14,17-28,31-32,49-50,55-58H,1-2,15-16,29-30,33-40H2. The summed E-state index contributed by atoms with van der Waals surface area (Å²) in [5, 5.41) is 43.3. The highest BCUT2D eigenvalue weighted by molar-refractivity contribution is 5.39. The van der Waals surface area contributed by atoms with Gasteiger partial charge in [0.25, 0.3) is 0 Å². The van der Waals surface area contributed by atoms with Gasteiger partial charge in [0.2, 0.25) is 0 Å². The number of ether oxygens (including phenoxy) is 2. The van der Waals surface area contributed by atoms with Crippen LogP contribution in [0.2, 0.25) is 0 Å². The van der Waals surface area contributed by atoms with Gasteiger partial charge in [-0.05, 0) is 83.6 Å². The molecule has 2 unspecified atom stereocenters. The molecule has 0 bridgehead atoms. The number of rotatable bonds is 25. The van der Waals surface area contributed by atoms with Crippen LogP contribution in [0.5, 0.6) is 11.5 Å². The fourth-order valence-corrected chi connectivity index (χ4v) is 7.49. The lowest BCUT2D eigenvalue weighted by atomic mass is 10.0. The molecule has 0 spiro atoms. The van der Waals surface area contributed by atoms with Gasteiger partial charge < -0.3 is 29.9 Å². The van der Waals surface area contributed by atoms with E-state index in [1.165, 1.54) is 11.1 Å². The molecule has 0 saturated carbocycles. The summed E-state index contributed by atoms with van der Waals surface area (Å²) in [6, 6.07) is 51.8. The van der Waals surface area contributed by atoms with Gasteiger partial charge in [-0.2, -0.15) is 0 Å². The van der Waals surface area contributed by atoms with Gasteiger partial charge in [-0.1, -0.05) is 146 Å². The lowest BCUT2D eigenvalue weighted by Crippen LogP contribution is -2.30. The Balaban J connectivity index is 1.02. The Morgan fingerprint density at radius 2 is 0.767 bits per heavy atom. The van der Waals surface area contributed by atoms with Crippen LogP contribution in [0.3, 0.4) is 0 Å². The van der Waals surface area contributed by atoms with Crippen LogP contribution in [0.15, 0.2) is 158 Å². The quantitative estimate of drug-likeness (QED) is 0.0425. The van der Waals surface area contributed by atoms with Gasteiger partial charge in [0.1, 0.15) is 24.7 Å². The van der Waals surface area contributed by atoms with Crippen LogP contribution in [0, 0.1) is 0 Å². The predicted octanol–water partition coefficient (Wildman–Crippen LogP) is 9.16. The molecule has 0 amide bonds. The lowest BCUT2D eigenvalue weighted by molar-refractivity contribution is 0.105. The number of aliphatic hydroxyl groups is 4. The molecule has 8 nitrogen and oxygen atoms in total. The van der Waals surface area contributed by atoms with Crippen molar-refractivity contribution < 1.29 is 29.9 Å². The molecule has 0 aliphatic rings. The van der Waals surface area contributed by atoms with Crippen molar-refractivity contribution in [2.45, 2.75) is 77.4 Å². The third-order valence-electron chi connectivity index (χ3n) is 10.8. The minimum Gasteiger partial charge on any atom is -0.489 e. The van der Waals surface area contributed by atoms with Crippen molar-refractivity contribution in [3.8, 4) is 11.5 Å². The van der Waals surface area contributed by atoms with Crippen molar-refractivity contribution in [1.82, 2.24) is 9.80 Å². The molecule has 8 heteroatoms. The van der Waals surface area contributed by atoms with Crippen LogP contribution in [0.4, 0.5) is 0 Å². The van der Waals surface area contributed by atoms with Gasteiger partial charge in [-0.15, -0.1) is 0 Å². The fourth-order valence-electron chi connectivity index (χ4n) is 7.49. The van der Waals surface area contributed by atoms with E-state index in [9.17, 15) is 20.4 Å². The summed E-state index contributed by atoms with van der Waals surface area (Å²) >= 11 is 0. The zero-order chi connectivity index (χ0) is 41.8. The lowest BCUT2D eigenvalue weighted by Gasteiger charge is -2.27. The topological polar surface area (TPSA) is 106 Å². The van der Waals surface area contributed by atoms with Crippen molar-refractivity contribution in [3.63, 3.8) is 0 Å². The summed E-state index contributed by atoms with van der Waals surface area (Å²) in [5.74, 6) is 1.23. The van der Waals surface area contributed by atoms with E-state index in [-0.39, 0.29) is 13.2 Å². The molecule has 0 aliphatic heterocycles. The average molecular weight is 809 g/mol. The number of hydrogen-bond acceptors (Lipinski definition) is 8. The molecule has 0 saturated heterocycles. The van der Waals surface area contributed by atoms with Gasteiger partial charge in [0.15, 0.2) is 0 Å². The van der Waals surface area contributed by atoms with Crippen molar-refractivity contribution in [1.29, 1.82) is 0 Å². The highest BCUT2D eigenvalue weighted by Gasteiger charge is 2.18. The largest absolute Gasteiger partial charge is 0.489 e. The summed E-state index contributed by atoms with van der Waals surface area (Å²) in [4.78, 5) is 4.63. The first kappa shape index (κ1) is 44.2. The van der Waals surface area contributed by atoms with Gasteiger partial charge in [0, 0.05) is 37.3 Å². The Kier molecular flexibility index (Phi) is 17.7. The Morgan fingerprint density at radius 3 is 1.12 bits per heavy atom. The van der Waals surface area contributed by atoms with E-state index in [0.29, 0.717) is 48.9 Å². The summed E-state index contributed by atoms with van der Waals surface area (Å²) in [5.41, 5.74) is 7.31. The zero-order valence-electron chi connectivity index (χ0n) is 34.6. The molecule has 0 fully saturated rings. The van der Waals surface area contributed by atoms with Gasteiger partial charge in [-0.3, -0.25) is 9.80 Å². The average Bonchev–Trinajstić information content (AvgIpc) is 3.29. The second-order valence-electron chi connectivity index (χ2n) is 15.5. The number of benzene rings is 6. The number of hydrogen-bond donors (Lipinski definition) is 4. The molecular formula is C52H60N2O6. The molecule has 0 aliphatic carbocycles. The first-order valence-electron chi connectivity index (χ1n) is 21.2. The first-order chi connectivity index (χ1) is 29.5. The number of aliphatic hydroxyl groups excluding tert-OH is 4. The van der Waals surface area contributed by atoms with Crippen molar-refractivity contribution in [3.05, 3.63) is 202 Å². The molecule has 60 heavy (non-hydrogen) atoms. The Morgan fingerprint density at radius 1 is 0.417 bits per heavy atom. The van der Waals surface area contributed by atoms with Crippen LogP contribution in [-0.2, 0) is 39.5 Å². The number of nitrogens with zero attached hydrogens (tertiary/aromatic N) is 2. The normalized spacial score (nSPS) is 12.4. The highest BCUT2D eigenvalue weighted by Crippen LogP contribution is 2.28. The Bertz CT molecular complexity index is 1950. The SMILES string of the molecule is OCc1cc(C(O)CN(CCCCCCN(Cc2ccccc2)CC(O)c2ccc(OCc3ccccc3)c(CO)c2)Cc2ccccc2)ccc1OCc1ccccc1. The maximum atomic E-state index is 11.5. The highest BCUT2D eigenvalue weighted by atomic mass is 16.5. The monoisotopic (exact) mass is 808 g/mol. The molecule has 314 valence electrons. The molecule has 2 atom stereocenters. The predicted molar refractivity (Wildman–Crippen MR) is 238 cm³/mol. The third-order valence-corrected chi connectivity index (χ3v) is 10.8. The molecule has 0 radical (unpaired) electrons. The van der Waals surface area contributed by atoms with E-state index in [2.05, 4.69) is 34.1 Å². The minimum absolute atomic E-state index is 0.178. The van der Waals surface area contributed by atoms with Crippen LogP contribution in [-0.4, -0.2) is 56.4 Å². The van der Waals surface area contributed by atoms with Crippen molar-refractivity contribution in [2.75, 3.05) is 26.2 Å². The van der Waals surface area contributed by atoms with Crippen LogP contribution >= 0.6 is 0 Å². The van der Waals surface area contributed by atoms with E-state index >= 15 is 0 Å². The minimum atomic E-state index is -0.730. The molecule has 6 rings (SSSR count). The van der Waals surface area contributed by atoms with E-state index < -0.39 is 12.2 Å². The van der Waals surface area contributed by atoms with E-state index in [1.54, 1.807) is 0 Å². The summed E-state index contributed by atoms with van der Waals surface area (Å²) in [6.45, 7) is 4.50. The molecular weight excluding hydrogens is 749 g/mol.